The van der Waals surface area contributed by atoms with Crippen LogP contribution in [0.4, 0.5) is 0 Å². The van der Waals surface area contributed by atoms with Gasteiger partial charge >= 0.3 is 5.97 Å². The van der Waals surface area contributed by atoms with Crippen molar-refractivity contribution in [3.05, 3.63) is 35.4 Å². The minimum absolute atomic E-state index is 0.0442. The van der Waals surface area contributed by atoms with E-state index in [4.69, 9.17) is 10.3 Å². The molecule has 130 valence electrons. The number of amides is 2. The number of carbonyl (C=O) groups excluding carboxylic acids is 2. The molecule has 0 aromatic heterocycles. The van der Waals surface area contributed by atoms with E-state index in [0.717, 1.165) is 11.1 Å². The summed E-state index contributed by atoms with van der Waals surface area (Å²) in [5.41, 5.74) is 2.73. The number of benzene rings is 1. The van der Waals surface area contributed by atoms with Crippen molar-refractivity contribution in [3.8, 4) is 0 Å². The van der Waals surface area contributed by atoms with Gasteiger partial charge in [0.15, 0.2) is 0 Å². The lowest BCUT2D eigenvalue weighted by Crippen LogP contribution is -2.49. The van der Waals surface area contributed by atoms with E-state index in [1.54, 1.807) is 0 Å². The fourth-order valence-electron chi connectivity index (χ4n) is 3.12. The average molecular weight is 334 g/mol. The van der Waals surface area contributed by atoms with Crippen LogP contribution in [0.5, 0.6) is 0 Å². The van der Waals surface area contributed by atoms with Crippen molar-refractivity contribution in [2.75, 3.05) is 6.54 Å². The fraction of sp³-hybridized carbons (Fsp3) is 0.471. The highest BCUT2D eigenvalue weighted by molar-refractivity contribution is 5.94. The summed E-state index contributed by atoms with van der Waals surface area (Å²) in [6.07, 6.45) is 0.220. The Morgan fingerprint density at radius 3 is 2.50 bits per heavy atom. The second-order valence-electron chi connectivity index (χ2n) is 6.37. The summed E-state index contributed by atoms with van der Waals surface area (Å²) in [5, 5.41) is 17.7. The molecule has 7 nitrogen and oxygen atoms in total. The van der Waals surface area contributed by atoms with E-state index in [1.807, 2.05) is 38.1 Å². The molecule has 0 radical (unpaired) electrons. The van der Waals surface area contributed by atoms with Gasteiger partial charge in [0.25, 0.3) is 5.91 Å². The van der Waals surface area contributed by atoms with E-state index in [0.29, 0.717) is 13.0 Å². The Hall–Kier alpha value is -2.41. The van der Waals surface area contributed by atoms with Crippen LogP contribution < -0.4 is 5.48 Å². The van der Waals surface area contributed by atoms with Gasteiger partial charge in [-0.2, -0.15) is 0 Å². The molecule has 2 amide bonds. The molecule has 0 bridgehead atoms. The third kappa shape index (κ3) is 3.41. The van der Waals surface area contributed by atoms with Crippen LogP contribution in [0.1, 0.15) is 37.3 Å². The monoisotopic (exact) mass is 334 g/mol. The Morgan fingerprint density at radius 1 is 1.33 bits per heavy atom. The topological polar surface area (TPSA) is 107 Å². The molecule has 24 heavy (non-hydrogen) atoms. The normalized spacial score (nSPS) is 21.6. The van der Waals surface area contributed by atoms with Crippen molar-refractivity contribution < 1.29 is 24.7 Å². The van der Waals surface area contributed by atoms with Gasteiger partial charge in [-0.15, -0.1) is 0 Å². The molecule has 3 N–H and O–H groups in total. The van der Waals surface area contributed by atoms with E-state index < -0.39 is 23.3 Å². The number of carboxylic acids is 1. The maximum absolute atomic E-state index is 12.9. The quantitative estimate of drug-likeness (QED) is 0.536. The third-order valence-corrected chi connectivity index (χ3v) is 4.70. The van der Waals surface area contributed by atoms with E-state index >= 15 is 0 Å². The molecule has 1 aliphatic heterocycles. The Balaban J connectivity index is 2.25. The number of rotatable bonds is 6. The standard InChI is InChI=1S/C17H22N2O5/c1-11-3-5-12(6-4-11)17(2)9-10-19(16(17)23)13(15(22)18-24)7-8-14(20)21/h3-6,13,24H,7-10H2,1-2H3,(H,18,22)(H,20,21)/t13-,17?/m1/s1. The average Bonchev–Trinajstić information content (AvgIpc) is 2.85. The molecule has 0 aliphatic carbocycles. The van der Waals surface area contributed by atoms with Crippen LogP contribution in [0, 0.1) is 6.92 Å². The van der Waals surface area contributed by atoms with Crippen LogP contribution in [0.2, 0.25) is 0 Å². The van der Waals surface area contributed by atoms with Crippen LogP contribution in [-0.2, 0) is 19.8 Å². The van der Waals surface area contributed by atoms with Crippen LogP contribution in [0.25, 0.3) is 0 Å². The highest BCUT2D eigenvalue weighted by Crippen LogP contribution is 2.37. The first-order chi connectivity index (χ1) is 11.3. The second-order valence-corrected chi connectivity index (χ2v) is 6.37. The number of hydroxylamine groups is 1. The third-order valence-electron chi connectivity index (χ3n) is 4.70. The van der Waals surface area contributed by atoms with Gasteiger partial charge in [-0.05, 0) is 32.3 Å². The zero-order valence-corrected chi connectivity index (χ0v) is 13.8. The van der Waals surface area contributed by atoms with Crippen molar-refractivity contribution >= 4 is 17.8 Å². The summed E-state index contributed by atoms with van der Waals surface area (Å²) < 4.78 is 0. The second kappa shape index (κ2) is 7.00. The number of aryl methyl sites for hydroxylation is 1. The molecule has 1 aromatic rings. The molecule has 2 rings (SSSR count). The smallest absolute Gasteiger partial charge is 0.303 e. The largest absolute Gasteiger partial charge is 0.481 e. The molecule has 1 fully saturated rings. The lowest BCUT2D eigenvalue weighted by molar-refractivity contribution is -0.145. The van der Waals surface area contributed by atoms with E-state index in [2.05, 4.69) is 0 Å². The zero-order valence-electron chi connectivity index (χ0n) is 13.8. The Bertz CT molecular complexity index is 643. The SMILES string of the molecule is Cc1ccc(C2(C)CCN([C@H](CCC(=O)O)C(=O)NO)C2=O)cc1. The number of nitrogens with zero attached hydrogens (tertiary/aromatic N) is 1. The van der Waals surface area contributed by atoms with E-state index in [9.17, 15) is 14.4 Å². The van der Waals surface area contributed by atoms with Crippen LogP contribution in [0.15, 0.2) is 24.3 Å². The van der Waals surface area contributed by atoms with Gasteiger partial charge < -0.3 is 10.0 Å². The van der Waals surface area contributed by atoms with Gasteiger partial charge in [0.2, 0.25) is 5.91 Å². The maximum Gasteiger partial charge on any atom is 0.303 e. The van der Waals surface area contributed by atoms with Gasteiger partial charge in [0.1, 0.15) is 6.04 Å². The minimum Gasteiger partial charge on any atom is -0.481 e. The van der Waals surface area contributed by atoms with Gasteiger partial charge in [-0.1, -0.05) is 29.8 Å². The summed E-state index contributed by atoms with van der Waals surface area (Å²) in [4.78, 5) is 37.0. The lowest BCUT2D eigenvalue weighted by atomic mass is 9.81. The van der Waals surface area contributed by atoms with Gasteiger partial charge in [0.05, 0.1) is 5.41 Å². The number of hydrogen-bond acceptors (Lipinski definition) is 4. The van der Waals surface area contributed by atoms with Crippen molar-refractivity contribution in [2.24, 2.45) is 0 Å². The summed E-state index contributed by atoms with van der Waals surface area (Å²) in [6.45, 7) is 4.12. The number of aliphatic carboxylic acids is 1. The van der Waals surface area contributed by atoms with E-state index in [-0.39, 0.29) is 18.7 Å². The lowest BCUT2D eigenvalue weighted by Gasteiger charge is -2.29. The first kappa shape index (κ1) is 17.9. The van der Waals surface area contributed by atoms with Crippen molar-refractivity contribution in [1.29, 1.82) is 0 Å². The summed E-state index contributed by atoms with van der Waals surface area (Å²) >= 11 is 0. The fourth-order valence-corrected chi connectivity index (χ4v) is 3.12. The molecule has 0 saturated carbocycles. The first-order valence-electron chi connectivity index (χ1n) is 7.83. The van der Waals surface area contributed by atoms with Crippen LogP contribution in [0.3, 0.4) is 0 Å². The highest BCUT2D eigenvalue weighted by Gasteiger charge is 2.47. The molecule has 2 atom stereocenters. The Labute approximate surface area is 140 Å². The molecular weight excluding hydrogens is 312 g/mol. The molecule has 1 heterocycles. The minimum atomic E-state index is -1.06. The van der Waals surface area contributed by atoms with E-state index in [1.165, 1.54) is 10.4 Å². The molecule has 7 heteroatoms. The number of hydrogen-bond donors (Lipinski definition) is 3. The van der Waals surface area contributed by atoms with Gasteiger partial charge in [-0.25, -0.2) is 5.48 Å². The molecule has 1 aliphatic rings. The molecule has 1 unspecified atom stereocenters. The first-order valence-corrected chi connectivity index (χ1v) is 7.83. The number of likely N-dealkylation sites (tertiary alicyclic amines) is 1. The highest BCUT2D eigenvalue weighted by atomic mass is 16.5. The maximum atomic E-state index is 12.9. The zero-order chi connectivity index (χ0) is 17.9. The van der Waals surface area contributed by atoms with Crippen LogP contribution >= 0.6 is 0 Å². The van der Waals surface area contributed by atoms with Crippen LogP contribution in [-0.4, -0.2) is 45.6 Å². The molecule has 0 spiro atoms. The Morgan fingerprint density at radius 2 is 1.96 bits per heavy atom. The number of carbonyl (C=O) groups is 3. The van der Waals surface area contributed by atoms with Crippen molar-refractivity contribution in [3.63, 3.8) is 0 Å². The molecule has 1 aromatic carbocycles. The van der Waals surface area contributed by atoms with Crippen molar-refractivity contribution in [1.82, 2.24) is 10.4 Å². The van der Waals surface area contributed by atoms with Crippen molar-refractivity contribution in [2.45, 2.75) is 44.6 Å². The number of nitrogens with one attached hydrogen (secondary N) is 1. The van der Waals surface area contributed by atoms with Gasteiger partial charge in [-0.3, -0.25) is 19.6 Å². The molecular formula is C17H22N2O5. The number of carboxylic acid groups (broad SMARTS) is 1. The summed E-state index contributed by atoms with van der Waals surface area (Å²) in [6, 6.07) is 6.66. The molecule has 1 saturated heterocycles. The summed E-state index contributed by atoms with van der Waals surface area (Å²) in [5.74, 6) is -2.05. The predicted octanol–water partition coefficient (Wildman–Crippen LogP) is 1.22. The predicted molar refractivity (Wildman–Crippen MR) is 85.4 cm³/mol. The summed E-state index contributed by atoms with van der Waals surface area (Å²) in [7, 11) is 0. The Kier molecular flexibility index (Phi) is 5.23. The van der Waals surface area contributed by atoms with Gasteiger partial charge in [0, 0.05) is 13.0 Å².